The van der Waals surface area contributed by atoms with Crippen LogP contribution in [-0.4, -0.2) is 74.5 Å². The van der Waals surface area contributed by atoms with Crippen LogP contribution in [0.5, 0.6) is 0 Å². The minimum absolute atomic E-state index is 0.143. The Morgan fingerprint density at radius 2 is 2.13 bits per heavy atom. The number of ether oxygens (including phenoxy) is 2. The van der Waals surface area contributed by atoms with Gasteiger partial charge in [0.2, 0.25) is 5.91 Å². The van der Waals surface area contributed by atoms with E-state index in [0.717, 1.165) is 45.9 Å². The molecule has 3 aliphatic rings. The van der Waals surface area contributed by atoms with Crippen LogP contribution in [0.2, 0.25) is 0 Å². The predicted octanol–water partition coefficient (Wildman–Crippen LogP) is -0.894. The Balaban J connectivity index is 1.57. The SMILES string of the molecule is O=C1CCC(C(=O)NC[C@H]([C@H]2CCOC2)N2CCOCC2)=NN1. The van der Waals surface area contributed by atoms with Gasteiger partial charge in [0.05, 0.1) is 19.8 Å². The Hall–Kier alpha value is -1.51. The second-order valence-corrected chi connectivity index (χ2v) is 6.14. The van der Waals surface area contributed by atoms with E-state index in [0.29, 0.717) is 31.0 Å². The number of nitrogens with one attached hydrogen (secondary N) is 2. The highest BCUT2D eigenvalue weighted by Gasteiger charge is 2.32. The first-order valence-electron chi connectivity index (χ1n) is 8.27. The lowest BCUT2D eigenvalue weighted by atomic mass is 9.96. The van der Waals surface area contributed by atoms with E-state index >= 15 is 0 Å². The molecule has 0 aromatic carbocycles. The average Bonchev–Trinajstić information content (AvgIpc) is 3.11. The van der Waals surface area contributed by atoms with E-state index < -0.39 is 0 Å². The fraction of sp³-hybridized carbons (Fsp3) is 0.800. The van der Waals surface area contributed by atoms with E-state index in [1.54, 1.807) is 0 Å². The van der Waals surface area contributed by atoms with E-state index in [-0.39, 0.29) is 17.9 Å². The lowest BCUT2D eigenvalue weighted by Crippen LogP contribution is -2.53. The molecule has 2 N–H and O–H groups in total. The molecule has 2 saturated heterocycles. The summed E-state index contributed by atoms with van der Waals surface area (Å²) in [5, 5.41) is 6.83. The molecule has 2 atom stereocenters. The molecule has 2 fully saturated rings. The van der Waals surface area contributed by atoms with E-state index in [1.807, 2.05) is 0 Å². The lowest BCUT2D eigenvalue weighted by Gasteiger charge is -2.37. The van der Waals surface area contributed by atoms with Crippen molar-refractivity contribution in [1.29, 1.82) is 0 Å². The van der Waals surface area contributed by atoms with Crippen molar-refractivity contribution in [3.63, 3.8) is 0 Å². The summed E-state index contributed by atoms with van der Waals surface area (Å²) in [5.74, 6) is 0.0967. The predicted molar refractivity (Wildman–Crippen MR) is 82.9 cm³/mol. The molecule has 0 spiro atoms. The van der Waals surface area contributed by atoms with Gasteiger partial charge in [-0.25, -0.2) is 5.43 Å². The largest absolute Gasteiger partial charge is 0.381 e. The molecule has 0 radical (unpaired) electrons. The molecule has 0 saturated carbocycles. The van der Waals surface area contributed by atoms with Crippen molar-refractivity contribution in [1.82, 2.24) is 15.6 Å². The van der Waals surface area contributed by atoms with Crippen molar-refractivity contribution in [2.75, 3.05) is 46.1 Å². The van der Waals surface area contributed by atoms with Gasteiger partial charge >= 0.3 is 0 Å². The number of carbonyl (C=O) groups excluding carboxylic acids is 2. The molecule has 0 unspecified atom stereocenters. The van der Waals surface area contributed by atoms with Crippen molar-refractivity contribution in [2.45, 2.75) is 25.3 Å². The van der Waals surface area contributed by atoms with Crippen LogP contribution in [-0.2, 0) is 19.1 Å². The maximum atomic E-state index is 12.2. The van der Waals surface area contributed by atoms with Crippen molar-refractivity contribution < 1.29 is 19.1 Å². The highest BCUT2D eigenvalue weighted by Crippen LogP contribution is 2.21. The minimum atomic E-state index is -0.192. The van der Waals surface area contributed by atoms with Crippen LogP contribution in [0.4, 0.5) is 0 Å². The van der Waals surface area contributed by atoms with Crippen LogP contribution < -0.4 is 10.7 Å². The Labute approximate surface area is 135 Å². The van der Waals surface area contributed by atoms with Crippen LogP contribution in [0.3, 0.4) is 0 Å². The first-order valence-corrected chi connectivity index (χ1v) is 8.27. The molecule has 3 aliphatic heterocycles. The van der Waals surface area contributed by atoms with Gasteiger partial charge in [-0.2, -0.15) is 5.10 Å². The van der Waals surface area contributed by atoms with Crippen molar-refractivity contribution in [2.24, 2.45) is 11.0 Å². The number of carbonyl (C=O) groups is 2. The maximum Gasteiger partial charge on any atom is 0.267 e. The fourth-order valence-electron chi connectivity index (χ4n) is 3.30. The normalized spacial score (nSPS) is 27.2. The number of hydrazone groups is 1. The number of hydrogen-bond acceptors (Lipinski definition) is 6. The van der Waals surface area contributed by atoms with Crippen LogP contribution in [0.15, 0.2) is 5.10 Å². The molecular formula is C15H24N4O4. The summed E-state index contributed by atoms with van der Waals surface area (Å²) in [6, 6.07) is 0.254. The van der Waals surface area contributed by atoms with Crippen molar-refractivity contribution in [3.05, 3.63) is 0 Å². The second-order valence-electron chi connectivity index (χ2n) is 6.14. The summed E-state index contributed by atoms with van der Waals surface area (Å²) in [4.78, 5) is 25.7. The van der Waals surface area contributed by atoms with Gasteiger partial charge in [-0.3, -0.25) is 14.5 Å². The molecule has 0 aliphatic carbocycles. The van der Waals surface area contributed by atoms with Gasteiger partial charge in [0.1, 0.15) is 5.71 Å². The first kappa shape index (κ1) is 16.4. The topological polar surface area (TPSA) is 92.3 Å². The van der Waals surface area contributed by atoms with Crippen molar-refractivity contribution >= 4 is 17.5 Å². The molecule has 128 valence electrons. The molecule has 23 heavy (non-hydrogen) atoms. The van der Waals surface area contributed by atoms with Crippen LogP contribution in [0.25, 0.3) is 0 Å². The van der Waals surface area contributed by atoms with E-state index in [1.165, 1.54) is 0 Å². The zero-order valence-corrected chi connectivity index (χ0v) is 13.3. The lowest BCUT2D eigenvalue weighted by molar-refractivity contribution is -0.121. The van der Waals surface area contributed by atoms with E-state index in [9.17, 15) is 9.59 Å². The monoisotopic (exact) mass is 324 g/mol. The Bertz CT molecular complexity index is 470. The van der Waals surface area contributed by atoms with E-state index in [4.69, 9.17) is 9.47 Å². The zero-order chi connectivity index (χ0) is 16.1. The fourth-order valence-corrected chi connectivity index (χ4v) is 3.30. The minimum Gasteiger partial charge on any atom is -0.381 e. The molecule has 8 heteroatoms. The molecule has 3 rings (SSSR count). The Morgan fingerprint density at radius 1 is 1.30 bits per heavy atom. The molecule has 3 heterocycles. The molecule has 8 nitrogen and oxygen atoms in total. The van der Waals surface area contributed by atoms with Gasteiger partial charge in [0.15, 0.2) is 0 Å². The Kier molecular flexibility index (Phi) is 5.58. The third-order valence-corrected chi connectivity index (χ3v) is 4.66. The molecule has 0 aromatic rings. The number of nitrogens with zero attached hydrogens (tertiary/aromatic N) is 2. The average molecular weight is 324 g/mol. The summed E-state index contributed by atoms with van der Waals surface area (Å²) < 4.78 is 10.9. The highest BCUT2D eigenvalue weighted by atomic mass is 16.5. The number of amides is 2. The molecule has 0 aromatic heterocycles. The van der Waals surface area contributed by atoms with Crippen LogP contribution in [0.1, 0.15) is 19.3 Å². The number of morpholine rings is 1. The van der Waals surface area contributed by atoms with Gasteiger partial charge in [0, 0.05) is 51.0 Å². The maximum absolute atomic E-state index is 12.2. The summed E-state index contributed by atoms with van der Waals surface area (Å²) in [6.45, 7) is 5.34. The quantitative estimate of drug-likeness (QED) is 0.684. The zero-order valence-electron chi connectivity index (χ0n) is 13.3. The summed E-state index contributed by atoms with van der Waals surface area (Å²) in [7, 11) is 0. The molecule has 2 amide bonds. The second kappa shape index (κ2) is 7.85. The Morgan fingerprint density at radius 3 is 2.78 bits per heavy atom. The van der Waals surface area contributed by atoms with Gasteiger partial charge in [-0.1, -0.05) is 0 Å². The van der Waals surface area contributed by atoms with Crippen LogP contribution in [0, 0.1) is 5.92 Å². The van der Waals surface area contributed by atoms with Gasteiger partial charge in [0.25, 0.3) is 5.91 Å². The summed E-state index contributed by atoms with van der Waals surface area (Å²) in [6.07, 6.45) is 1.73. The standard InChI is InChI=1S/C15H24N4O4/c20-14-2-1-12(17-18-14)15(21)16-9-13(11-3-6-23-10-11)19-4-7-22-8-5-19/h11,13H,1-10H2,(H,16,21)(H,18,20)/t11-,13+/m0/s1. The molecular weight excluding hydrogens is 300 g/mol. The first-order chi connectivity index (χ1) is 11.2. The summed E-state index contributed by atoms with van der Waals surface area (Å²) in [5.41, 5.74) is 2.76. The van der Waals surface area contributed by atoms with Crippen molar-refractivity contribution in [3.8, 4) is 0 Å². The third kappa shape index (κ3) is 4.27. The number of rotatable bonds is 5. The number of hydrogen-bond donors (Lipinski definition) is 2. The smallest absolute Gasteiger partial charge is 0.267 e. The van der Waals surface area contributed by atoms with Crippen LogP contribution >= 0.6 is 0 Å². The van der Waals surface area contributed by atoms with Gasteiger partial charge in [-0.05, 0) is 6.42 Å². The van der Waals surface area contributed by atoms with Gasteiger partial charge < -0.3 is 14.8 Å². The highest BCUT2D eigenvalue weighted by molar-refractivity contribution is 6.39. The van der Waals surface area contributed by atoms with Gasteiger partial charge in [-0.15, -0.1) is 0 Å². The third-order valence-electron chi connectivity index (χ3n) is 4.66. The van der Waals surface area contributed by atoms with E-state index in [2.05, 4.69) is 20.7 Å². The molecule has 0 bridgehead atoms. The summed E-state index contributed by atoms with van der Waals surface area (Å²) >= 11 is 0.